The van der Waals surface area contributed by atoms with Crippen LogP contribution in [0.5, 0.6) is 0 Å². The van der Waals surface area contributed by atoms with Crippen molar-refractivity contribution in [2.75, 3.05) is 6.54 Å². The highest BCUT2D eigenvalue weighted by atomic mass is 19.1. The van der Waals surface area contributed by atoms with Crippen molar-refractivity contribution in [2.45, 2.75) is 57.9 Å². The summed E-state index contributed by atoms with van der Waals surface area (Å²) in [5.41, 5.74) is 2.06. The fourth-order valence-corrected chi connectivity index (χ4v) is 3.11. The third-order valence-electron chi connectivity index (χ3n) is 4.20. The van der Waals surface area contributed by atoms with Crippen LogP contribution in [0.4, 0.5) is 4.39 Å². The summed E-state index contributed by atoms with van der Waals surface area (Å²) in [5, 5.41) is 3.57. The maximum absolute atomic E-state index is 14.0. The van der Waals surface area contributed by atoms with Crippen LogP contribution in [0.3, 0.4) is 0 Å². The molecule has 100 valence electrons. The zero-order valence-electron chi connectivity index (χ0n) is 11.7. The van der Waals surface area contributed by atoms with Crippen LogP contribution in [0.25, 0.3) is 0 Å². The third kappa shape index (κ3) is 2.74. The quantitative estimate of drug-likeness (QED) is 0.852. The average molecular weight is 249 g/mol. The Labute approximate surface area is 110 Å². The van der Waals surface area contributed by atoms with E-state index in [4.69, 9.17) is 0 Å². The summed E-state index contributed by atoms with van der Waals surface area (Å²) in [4.78, 5) is 0. The number of hydrogen-bond donors (Lipinski definition) is 1. The van der Waals surface area contributed by atoms with Crippen LogP contribution in [0.2, 0.25) is 0 Å². The van der Waals surface area contributed by atoms with Gasteiger partial charge in [0.1, 0.15) is 5.82 Å². The topological polar surface area (TPSA) is 12.0 Å². The van der Waals surface area contributed by atoms with E-state index in [9.17, 15) is 4.39 Å². The van der Waals surface area contributed by atoms with Gasteiger partial charge in [-0.05, 0) is 56.2 Å². The van der Waals surface area contributed by atoms with E-state index in [2.05, 4.69) is 19.2 Å². The van der Waals surface area contributed by atoms with Crippen LogP contribution < -0.4 is 5.32 Å². The van der Waals surface area contributed by atoms with Crippen molar-refractivity contribution in [3.63, 3.8) is 0 Å². The Bertz CT molecular complexity index is 416. The zero-order chi connectivity index (χ0) is 13.2. The fraction of sp³-hybridized carbons (Fsp3) is 0.625. The lowest BCUT2D eigenvalue weighted by molar-refractivity contribution is 0.432. The van der Waals surface area contributed by atoms with Crippen molar-refractivity contribution in [1.82, 2.24) is 5.32 Å². The summed E-state index contributed by atoms with van der Waals surface area (Å²) in [5.74, 6) is -0.0424. The number of nitrogens with one attached hydrogen (secondary N) is 1. The van der Waals surface area contributed by atoms with Gasteiger partial charge < -0.3 is 5.32 Å². The molecule has 2 rings (SSSR count). The second-order valence-electron chi connectivity index (χ2n) is 5.94. The number of aryl methyl sites for hydroxylation is 1. The lowest BCUT2D eigenvalue weighted by Crippen LogP contribution is -2.29. The molecule has 1 aliphatic carbocycles. The predicted molar refractivity (Wildman–Crippen MR) is 74.4 cm³/mol. The summed E-state index contributed by atoms with van der Waals surface area (Å²) < 4.78 is 14.0. The highest BCUT2D eigenvalue weighted by Crippen LogP contribution is 2.42. The highest BCUT2D eigenvalue weighted by Gasteiger charge is 2.37. The average Bonchev–Trinajstić information content (AvgIpc) is 2.73. The molecule has 0 heterocycles. The molecule has 0 radical (unpaired) electrons. The Hall–Kier alpha value is -0.890. The molecule has 1 nitrogen and oxygen atoms in total. The van der Waals surface area contributed by atoms with Gasteiger partial charge in [0.25, 0.3) is 0 Å². The second kappa shape index (κ2) is 5.40. The summed E-state index contributed by atoms with van der Waals surface area (Å²) in [6, 6.07) is 6.04. The van der Waals surface area contributed by atoms with Gasteiger partial charge in [-0.3, -0.25) is 0 Å². The molecule has 0 aromatic heterocycles. The first-order valence-electron chi connectivity index (χ1n) is 7.05. The van der Waals surface area contributed by atoms with E-state index in [1.807, 2.05) is 19.1 Å². The highest BCUT2D eigenvalue weighted by molar-refractivity contribution is 5.32. The van der Waals surface area contributed by atoms with Crippen molar-refractivity contribution in [1.29, 1.82) is 0 Å². The van der Waals surface area contributed by atoms with Crippen molar-refractivity contribution in [3.8, 4) is 0 Å². The summed E-state index contributed by atoms with van der Waals surface area (Å²) in [7, 11) is 0. The molecule has 2 heteroatoms. The first kappa shape index (κ1) is 13.5. The molecular formula is C16H24FN. The van der Waals surface area contributed by atoms with Gasteiger partial charge in [-0.1, -0.05) is 31.5 Å². The van der Waals surface area contributed by atoms with Gasteiger partial charge in [0.15, 0.2) is 0 Å². The molecule has 0 amide bonds. The minimum atomic E-state index is -0.0424. The Morgan fingerprint density at radius 1 is 1.44 bits per heavy atom. The van der Waals surface area contributed by atoms with Crippen LogP contribution >= 0.6 is 0 Å². The lowest BCUT2D eigenvalue weighted by Gasteiger charge is -2.26. The molecule has 0 aliphatic heterocycles. The minimum Gasteiger partial charge on any atom is -0.314 e. The standard InChI is InChI=1S/C16H24FN/c1-4-9-18-13-7-8-16(3,11-13)14-10-12(2)5-6-15(14)17/h5-6,10,13,18H,4,7-9,11H2,1-3H3. The summed E-state index contributed by atoms with van der Waals surface area (Å²) in [6.45, 7) is 7.49. The molecule has 1 aromatic carbocycles. The first-order valence-corrected chi connectivity index (χ1v) is 7.05. The third-order valence-corrected chi connectivity index (χ3v) is 4.20. The SMILES string of the molecule is CCCNC1CCC(C)(c2cc(C)ccc2F)C1. The van der Waals surface area contributed by atoms with E-state index in [1.165, 1.54) is 0 Å². The first-order chi connectivity index (χ1) is 8.55. The van der Waals surface area contributed by atoms with Crippen molar-refractivity contribution in [3.05, 3.63) is 35.1 Å². The van der Waals surface area contributed by atoms with Gasteiger partial charge in [-0.15, -0.1) is 0 Å². The molecule has 2 atom stereocenters. The second-order valence-corrected chi connectivity index (χ2v) is 5.94. The number of benzene rings is 1. The molecule has 1 aromatic rings. The van der Waals surface area contributed by atoms with Crippen LogP contribution in [-0.2, 0) is 5.41 Å². The van der Waals surface area contributed by atoms with Crippen LogP contribution in [0.15, 0.2) is 18.2 Å². The summed E-state index contributed by atoms with van der Waals surface area (Å²) in [6.07, 6.45) is 4.44. The van der Waals surface area contributed by atoms with Gasteiger partial charge in [0, 0.05) is 6.04 Å². The monoisotopic (exact) mass is 249 g/mol. The summed E-state index contributed by atoms with van der Waals surface area (Å²) >= 11 is 0. The van der Waals surface area contributed by atoms with Crippen LogP contribution in [-0.4, -0.2) is 12.6 Å². The normalized spacial score (nSPS) is 27.7. The molecule has 2 unspecified atom stereocenters. The van der Waals surface area contributed by atoms with E-state index in [0.29, 0.717) is 6.04 Å². The molecule has 1 aliphatic rings. The fourth-order valence-electron chi connectivity index (χ4n) is 3.11. The smallest absolute Gasteiger partial charge is 0.126 e. The number of hydrogen-bond acceptors (Lipinski definition) is 1. The molecular weight excluding hydrogens is 225 g/mol. The maximum Gasteiger partial charge on any atom is 0.126 e. The van der Waals surface area contributed by atoms with Gasteiger partial charge in [0.2, 0.25) is 0 Å². The lowest BCUT2D eigenvalue weighted by atomic mass is 9.80. The molecule has 1 N–H and O–H groups in total. The van der Waals surface area contributed by atoms with E-state index in [-0.39, 0.29) is 11.2 Å². The van der Waals surface area contributed by atoms with Crippen molar-refractivity contribution in [2.24, 2.45) is 0 Å². The molecule has 0 spiro atoms. The number of halogens is 1. The van der Waals surface area contributed by atoms with Crippen molar-refractivity contribution < 1.29 is 4.39 Å². The van der Waals surface area contributed by atoms with Crippen LogP contribution in [0, 0.1) is 12.7 Å². The van der Waals surface area contributed by atoms with Gasteiger partial charge in [0.05, 0.1) is 0 Å². The maximum atomic E-state index is 14.0. The minimum absolute atomic E-state index is 0.00150. The van der Waals surface area contributed by atoms with Gasteiger partial charge in [-0.25, -0.2) is 4.39 Å². The number of rotatable bonds is 4. The molecule has 1 saturated carbocycles. The van der Waals surface area contributed by atoms with Gasteiger partial charge in [-0.2, -0.15) is 0 Å². The van der Waals surface area contributed by atoms with Crippen LogP contribution in [0.1, 0.15) is 50.7 Å². The zero-order valence-corrected chi connectivity index (χ0v) is 11.7. The van der Waals surface area contributed by atoms with Gasteiger partial charge >= 0.3 is 0 Å². The van der Waals surface area contributed by atoms with E-state index in [1.54, 1.807) is 6.07 Å². The van der Waals surface area contributed by atoms with E-state index in [0.717, 1.165) is 43.4 Å². The Kier molecular flexibility index (Phi) is 4.06. The Morgan fingerprint density at radius 3 is 2.94 bits per heavy atom. The largest absolute Gasteiger partial charge is 0.314 e. The Balaban J connectivity index is 2.15. The Morgan fingerprint density at radius 2 is 2.22 bits per heavy atom. The molecule has 1 fully saturated rings. The van der Waals surface area contributed by atoms with E-state index < -0.39 is 0 Å². The molecule has 0 bridgehead atoms. The van der Waals surface area contributed by atoms with Crippen molar-refractivity contribution >= 4 is 0 Å². The van der Waals surface area contributed by atoms with E-state index >= 15 is 0 Å². The molecule has 18 heavy (non-hydrogen) atoms. The molecule has 0 saturated heterocycles. The predicted octanol–water partition coefficient (Wildman–Crippen LogP) is 3.94.